The Labute approximate surface area is 190 Å². The number of carbonyl (C=O) groups excluding carboxylic acids is 1. The second-order valence-electron chi connectivity index (χ2n) is 6.66. The summed E-state index contributed by atoms with van der Waals surface area (Å²) < 4.78 is 7.61. The standard InChI is InChI=1S/C21H24BrN3O2S.ClH/c1-4-27-17-10-6-11-18-19(17)23-21(28-18)25(13-7-12-24(2)3)20(26)15-8-5-9-16(22)14-15;/h5-6,8-11,14H,4,7,12-13H2,1-3H3;1H. The van der Waals surface area contributed by atoms with Crippen molar-refractivity contribution in [3.63, 3.8) is 0 Å². The number of aromatic nitrogens is 1. The predicted molar refractivity (Wildman–Crippen MR) is 127 cm³/mol. The molecule has 0 bridgehead atoms. The van der Waals surface area contributed by atoms with E-state index in [1.165, 1.54) is 11.3 Å². The third kappa shape index (κ3) is 5.92. The third-order valence-corrected chi connectivity index (χ3v) is 5.74. The predicted octanol–water partition coefficient (Wildman–Crippen LogP) is 5.48. The molecule has 3 rings (SSSR count). The molecule has 0 unspecified atom stereocenters. The Kier molecular flexibility index (Phi) is 8.89. The van der Waals surface area contributed by atoms with Crippen LogP contribution in [0.15, 0.2) is 46.9 Å². The highest BCUT2D eigenvalue weighted by molar-refractivity contribution is 9.10. The lowest BCUT2D eigenvalue weighted by molar-refractivity contribution is 0.0986. The molecule has 1 heterocycles. The molecule has 2 aromatic carbocycles. The van der Waals surface area contributed by atoms with Gasteiger partial charge in [0.15, 0.2) is 5.13 Å². The summed E-state index contributed by atoms with van der Waals surface area (Å²) in [7, 11) is 4.07. The Morgan fingerprint density at radius 2 is 1.93 bits per heavy atom. The van der Waals surface area contributed by atoms with Gasteiger partial charge < -0.3 is 9.64 Å². The first-order chi connectivity index (χ1) is 13.5. The molecule has 3 aromatic rings. The van der Waals surface area contributed by atoms with Crippen LogP contribution in [0.25, 0.3) is 10.2 Å². The van der Waals surface area contributed by atoms with Crippen LogP contribution in [-0.4, -0.2) is 49.6 Å². The van der Waals surface area contributed by atoms with Gasteiger partial charge in [-0.05, 0) is 64.3 Å². The summed E-state index contributed by atoms with van der Waals surface area (Å²) >= 11 is 4.98. The number of rotatable bonds is 8. The Bertz CT molecular complexity index is 964. The number of halogens is 2. The molecule has 0 fully saturated rings. The highest BCUT2D eigenvalue weighted by Gasteiger charge is 2.22. The Morgan fingerprint density at radius 3 is 2.62 bits per heavy atom. The van der Waals surface area contributed by atoms with Crippen LogP contribution >= 0.6 is 39.7 Å². The second kappa shape index (κ2) is 10.9. The zero-order valence-electron chi connectivity index (χ0n) is 16.7. The summed E-state index contributed by atoms with van der Waals surface area (Å²) in [4.78, 5) is 22.0. The van der Waals surface area contributed by atoms with Crippen LogP contribution in [0.4, 0.5) is 5.13 Å². The number of amides is 1. The molecule has 0 aliphatic carbocycles. The van der Waals surface area contributed by atoms with Gasteiger partial charge in [0.25, 0.3) is 5.91 Å². The van der Waals surface area contributed by atoms with Gasteiger partial charge in [-0.25, -0.2) is 4.98 Å². The average molecular weight is 499 g/mol. The van der Waals surface area contributed by atoms with E-state index in [2.05, 4.69) is 20.8 Å². The SMILES string of the molecule is CCOc1cccc2sc(N(CCCN(C)C)C(=O)c3cccc(Br)c3)nc12.Cl. The molecule has 0 aliphatic rings. The molecule has 0 saturated carbocycles. The minimum atomic E-state index is -0.0444. The van der Waals surface area contributed by atoms with Gasteiger partial charge in [-0.3, -0.25) is 9.69 Å². The van der Waals surface area contributed by atoms with Crippen molar-refractivity contribution >= 4 is 60.9 Å². The van der Waals surface area contributed by atoms with Crippen molar-refractivity contribution < 1.29 is 9.53 Å². The first kappa shape index (κ1) is 23.6. The molecule has 156 valence electrons. The van der Waals surface area contributed by atoms with E-state index >= 15 is 0 Å². The number of thiazole rings is 1. The number of para-hydroxylation sites is 1. The van der Waals surface area contributed by atoms with Crippen molar-refractivity contribution in [2.24, 2.45) is 0 Å². The Balaban J connectivity index is 0.00000300. The van der Waals surface area contributed by atoms with Crippen LogP contribution in [0.1, 0.15) is 23.7 Å². The van der Waals surface area contributed by atoms with Crippen molar-refractivity contribution in [1.29, 1.82) is 0 Å². The van der Waals surface area contributed by atoms with Crippen LogP contribution < -0.4 is 9.64 Å². The monoisotopic (exact) mass is 497 g/mol. The second-order valence-corrected chi connectivity index (χ2v) is 8.58. The molecule has 0 atom stereocenters. The van der Waals surface area contributed by atoms with E-state index in [-0.39, 0.29) is 18.3 Å². The summed E-state index contributed by atoms with van der Waals surface area (Å²) in [6, 6.07) is 13.4. The van der Waals surface area contributed by atoms with E-state index in [9.17, 15) is 4.79 Å². The van der Waals surface area contributed by atoms with Crippen molar-refractivity contribution in [3.8, 4) is 5.75 Å². The largest absolute Gasteiger partial charge is 0.492 e. The zero-order valence-corrected chi connectivity index (χ0v) is 19.9. The molecule has 0 aliphatic heterocycles. The number of hydrogen-bond acceptors (Lipinski definition) is 5. The van der Waals surface area contributed by atoms with Crippen LogP contribution in [0.5, 0.6) is 5.75 Å². The summed E-state index contributed by atoms with van der Waals surface area (Å²) in [5.74, 6) is 0.711. The lowest BCUT2D eigenvalue weighted by atomic mass is 10.2. The number of anilines is 1. The van der Waals surface area contributed by atoms with Crippen molar-refractivity contribution in [2.75, 3.05) is 38.7 Å². The highest BCUT2D eigenvalue weighted by atomic mass is 79.9. The minimum absolute atomic E-state index is 0. The number of benzene rings is 2. The van der Waals surface area contributed by atoms with Crippen LogP contribution in [-0.2, 0) is 0 Å². The maximum atomic E-state index is 13.3. The molecule has 29 heavy (non-hydrogen) atoms. The van der Waals surface area contributed by atoms with E-state index in [0.717, 1.165) is 33.4 Å². The Morgan fingerprint density at radius 1 is 1.17 bits per heavy atom. The van der Waals surface area contributed by atoms with Gasteiger partial charge in [-0.15, -0.1) is 12.4 Å². The lowest BCUT2D eigenvalue weighted by Crippen LogP contribution is -2.33. The van der Waals surface area contributed by atoms with Crippen LogP contribution in [0.3, 0.4) is 0 Å². The van der Waals surface area contributed by atoms with Gasteiger partial charge in [0.2, 0.25) is 0 Å². The fraction of sp³-hybridized carbons (Fsp3) is 0.333. The van der Waals surface area contributed by atoms with Gasteiger partial charge in [-0.1, -0.05) is 39.4 Å². The van der Waals surface area contributed by atoms with E-state index in [1.807, 2.05) is 63.5 Å². The van der Waals surface area contributed by atoms with Crippen molar-refractivity contribution in [3.05, 3.63) is 52.5 Å². The quantitative estimate of drug-likeness (QED) is 0.413. The number of fused-ring (bicyclic) bond motifs is 1. The third-order valence-electron chi connectivity index (χ3n) is 4.21. The normalized spacial score (nSPS) is 10.8. The van der Waals surface area contributed by atoms with Crippen molar-refractivity contribution in [2.45, 2.75) is 13.3 Å². The van der Waals surface area contributed by atoms with Gasteiger partial charge in [0, 0.05) is 16.6 Å². The fourth-order valence-corrected chi connectivity index (χ4v) is 4.31. The number of carbonyl (C=O) groups is 1. The minimum Gasteiger partial charge on any atom is -0.492 e. The maximum Gasteiger partial charge on any atom is 0.260 e. The molecule has 0 spiro atoms. The molecule has 0 N–H and O–H groups in total. The molecule has 0 saturated heterocycles. The van der Waals surface area contributed by atoms with Gasteiger partial charge in [0.05, 0.1) is 11.3 Å². The average Bonchev–Trinajstić information content (AvgIpc) is 3.09. The van der Waals surface area contributed by atoms with Gasteiger partial charge in [-0.2, -0.15) is 0 Å². The molecular formula is C21H25BrClN3O2S. The topological polar surface area (TPSA) is 45.7 Å². The molecule has 8 heteroatoms. The molecule has 5 nitrogen and oxygen atoms in total. The molecule has 1 aromatic heterocycles. The summed E-state index contributed by atoms with van der Waals surface area (Å²) in [6.45, 7) is 4.04. The number of nitrogens with zero attached hydrogens (tertiary/aromatic N) is 3. The van der Waals surface area contributed by atoms with E-state index in [1.54, 1.807) is 4.90 Å². The summed E-state index contributed by atoms with van der Waals surface area (Å²) in [5.41, 5.74) is 1.45. The number of hydrogen-bond donors (Lipinski definition) is 0. The first-order valence-corrected chi connectivity index (χ1v) is 10.8. The molecular weight excluding hydrogens is 474 g/mol. The van der Waals surface area contributed by atoms with Crippen LogP contribution in [0.2, 0.25) is 0 Å². The maximum absolute atomic E-state index is 13.3. The lowest BCUT2D eigenvalue weighted by Gasteiger charge is -2.21. The zero-order chi connectivity index (χ0) is 20.1. The van der Waals surface area contributed by atoms with Gasteiger partial charge in [0.1, 0.15) is 11.3 Å². The van der Waals surface area contributed by atoms with Gasteiger partial charge >= 0.3 is 0 Å². The smallest absolute Gasteiger partial charge is 0.260 e. The fourth-order valence-electron chi connectivity index (χ4n) is 2.91. The Hall–Kier alpha value is -1.67. The molecule has 1 amide bonds. The summed E-state index contributed by atoms with van der Waals surface area (Å²) in [5, 5.41) is 0.700. The first-order valence-electron chi connectivity index (χ1n) is 9.24. The van der Waals surface area contributed by atoms with E-state index < -0.39 is 0 Å². The highest BCUT2D eigenvalue weighted by Crippen LogP contribution is 2.35. The van der Waals surface area contributed by atoms with E-state index in [0.29, 0.717) is 23.8 Å². The molecule has 0 radical (unpaired) electrons. The van der Waals surface area contributed by atoms with Crippen LogP contribution in [0, 0.1) is 0 Å². The number of ether oxygens (including phenoxy) is 1. The summed E-state index contributed by atoms with van der Waals surface area (Å²) in [6.07, 6.45) is 0.862. The van der Waals surface area contributed by atoms with E-state index in [4.69, 9.17) is 9.72 Å². The van der Waals surface area contributed by atoms with Crippen molar-refractivity contribution in [1.82, 2.24) is 9.88 Å².